The molecule has 3 heteroatoms. The second-order valence-electron chi connectivity index (χ2n) is 5.92. The van der Waals surface area contributed by atoms with E-state index in [2.05, 4.69) is 30.0 Å². The largest absolute Gasteiger partial charge is 0.459 e. The molecule has 1 aliphatic rings. The fraction of sp³-hybridized carbons (Fsp3) is 0.529. The molecule has 3 rings (SSSR count). The SMILES string of the molecule is CC(c1cc2ccccc2o1)N1CCC(CCN)CC1. The second kappa shape index (κ2) is 5.98. The normalized spacial score (nSPS) is 19.5. The highest BCUT2D eigenvalue weighted by atomic mass is 16.3. The third-order valence-corrected chi connectivity index (χ3v) is 4.63. The second-order valence-corrected chi connectivity index (χ2v) is 5.92. The van der Waals surface area contributed by atoms with Crippen LogP contribution in [0.25, 0.3) is 11.0 Å². The van der Waals surface area contributed by atoms with Crippen LogP contribution in [0.4, 0.5) is 0 Å². The van der Waals surface area contributed by atoms with Crippen molar-refractivity contribution in [2.45, 2.75) is 32.2 Å². The number of nitrogens with two attached hydrogens (primary N) is 1. The number of nitrogens with zero attached hydrogens (tertiary/aromatic N) is 1. The van der Waals surface area contributed by atoms with Crippen molar-refractivity contribution in [2.24, 2.45) is 11.7 Å². The quantitative estimate of drug-likeness (QED) is 0.925. The van der Waals surface area contributed by atoms with E-state index in [4.69, 9.17) is 10.2 Å². The minimum Gasteiger partial charge on any atom is -0.459 e. The zero-order valence-corrected chi connectivity index (χ0v) is 12.2. The number of piperidine rings is 1. The zero-order valence-electron chi connectivity index (χ0n) is 12.2. The van der Waals surface area contributed by atoms with Crippen molar-refractivity contribution in [1.82, 2.24) is 4.90 Å². The Morgan fingerprint density at radius 3 is 2.75 bits per heavy atom. The van der Waals surface area contributed by atoms with E-state index in [1.807, 2.05) is 12.1 Å². The lowest BCUT2D eigenvalue weighted by Gasteiger charge is -2.35. The van der Waals surface area contributed by atoms with E-state index in [0.717, 1.165) is 36.9 Å². The first-order valence-electron chi connectivity index (χ1n) is 7.70. The summed E-state index contributed by atoms with van der Waals surface area (Å²) in [6, 6.07) is 10.8. The molecule has 3 nitrogen and oxygen atoms in total. The van der Waals surface area contributed by atoms with Gasteiger partial charge in [-0.25, -0.2) is 0 Å². The van der Waals surface area contributed by atoms with E-state index in [1.54, 1.807) is 0 Å². The number of hydrogen-bond donors (Lipinski definition) is 1. The van der Waals surface area contributed by atoms with E-state index in [-0.39, 0.29) is 0 Å². The van der Waals surface area contributed by atoms with Gasteiger partial charge in [-0.2, -0.15) is 0 Å². The summed E-state index contributed by atoms with van der Waals surface area (Å²) in [4.78, 5) is 2.53. The maximum atomic E-state index is 6.00. The summed E-state index contributed by atoms with van der Waals surface area (Å²) in [5.74, 6) is 1.91. The molecular weight excluding hydrogens is 248 g/mol. The summed E-state index contributed by atoms with van der Waals surface area (Å²) in [7, 11) is 0. The fourth-order valence-corrected chi connectivity index (χ4v) is 3.25. The molecule has 20 heavy (non-hydrogen) atoms. The van der Waals surface area contributed by atoms with Gasteiger partial charge in [0.2, 0.25) is 0 Å². The molecule has 0 amide bonds. The number of fused-ring (bicyclic) bond motifs is 1. The smallest absolute Gasteiger partial charge is 0.134 e. The van der Waals surface area contributed by atoms with Gasteiger partial charge in [0.05, 0.1) is 6.04 Å². The topological polar surface area (TPSA) is 42.4 Å². The maximum Gasteiger partial charge on any atom is 0.134 e. The van der Waals surface area contributed by atoms with Crippen molar-refractivity contribution < 1.29 is 4.42 Å². The third kappa shape index (κ3) is 2.74. The Morgan fingerprint density at radius 2 is 2.05 bits per heavy atom. The highest BCUT2D eigenvalue weighted by Crippen LogP contribution is 2.30. The van der Waals surface area contributed by atoms with Crippen molar-refractivity contribution in [3.05, 3.63) is 36.1 Å². The number of likely N-dealkylation sites (tertiary alicyclic amines) is 1. The molecule has 1 aromatic heterocycles. The summed E-state index contributed by atoms with van der Waals surface area (Å²) in [6.07, 6.45) is 3.70. The van der Waals surface area contributed by atoms with Crippen LogP contribution in [0.15, 0.2) is 34.7 Å². The van der Waals surface area contributed by atoms with Crippen LogP contribution in [0, 0.1) is 5.92 Å². The number of hydrogen-bond acceptors (Lipinski definition) is 3. The first-order valence-corrected chi connectivity index (χ1v) is 7.70. The minimum absolute atomic E-state index is 0.362. The van der Waals surface area contributed by atoms with Crippen LogP contribution < -0.4 is 5.73 Å². The molecule has 1 unspecified atom stereocenters. The van der Waals surface area contributed by atoms with Crippen LogP contribution in [-0.2, 0) is 0 Å². The molecule has 0 aliphatic carbocycles. The molecule has 0 radical (unpaired) electrons. The van der Waals surface area contributed by atoms with Crippen LogP contribution in [0.5, 0.6) is 0 Å². The molecule has 1 fully saturated rings. The predicted molar refractivity (Wildman–Crippen MR) is 82.6 cm³/mol. The molecule has 0 saturated carbocycles. The Labute approximate surface area is 120 Å². The van der Waals surface area contributed by atoms with Crippen LogP contribution >= 0.6 is 0 Å². The van der Waals surface area contributed by atoms with Gasteiger partial charge in [0.1, 0.15) is 11.3 Å². The Kier molecular flexibility index (Phi) is 4.08. The van der Waals surface area contributed by atoms with E-state index < -0.39 is 0 Å². The summed E-state index contributed by atoms with van der Waals surface area (Å²) in [6.45, 7) is 5.39. The van der Waals surface area contributed by atoms with Gasteiger partial charge in [-0.05, 0) is 63.9 Å². The van der Waals surface area contributed by atoms with E-state index in [0.29, 0.717) is 6.04 Å². The number of benzene rings is 1. The molecule has 0 spiro atoms. The van der Waals surface area contributed by atoms with Gasteiger partial charge in [-0.1, -0.05) is 18.2 Å². The van der Waals surface area contributed by atoms with Gasteiger partial charge in [-0.15, -0.1) is 0 Å². The summed E-state index contributed by atoms with van der Waals surface area (Å²) < 4.78 is 6.00. The average molecular weight is 272 g/mol. The fourth-order valence-electron chi connectivity index (χ4n) is 3.25. The maximum absolute atomic E-state index is 6.00. The Bertz CT molecular complexity index is 522. The van der Waals surface area contributed by atoms with Gasteiger partial charge in [0, 0.05) is 5.39 Å². The third-order valence-electron chi connectivity index (χ3n) is 4.63. The monoisotopic (exact) mass is 272 g/mol. The first-order chi connectivity index (χ1) is 9.78. The molecule has 1 aromatic carbocycles. The number of rotatable bonds is 4. The minimum atomic E-state index is 0.362. The highest BCUT2D eigenvalue weighted by molar-refractivity contribution is 5.77. The summed E-state index contributed by atoms with van der Waals surface area (Å²) >= 11 is 0. The molecule has 2 N–H and O–H groups in total. The van der Waals surface area contributed by atoms with E-state index in [1.165, 1.54) is 24.6 Å². The Hall–Kier alpha value is -1.32. The summed E-state index contributed by atoms with van der Waals surface area (Å²) in [5.41, 5.74) is 6.65. The number of furan rings is 1. The van der Waals surface area contributed by atoms with Gasteiger partial charge in [0.15, 0.2) is 0 Å². The summed E-state index contributed by atoms with van der Waals surface area (Å²) in [5, 5.41) is 1.20. The molecule has 1 saturated heterocycles. The van der Waals surface area contributed by atoms with Gasteiger partial charge >= 0.3 is 0 Å². The standard InChI is InChI=1S/C17H24N2O/c1-13(19-10-7-14(6-9-18)8-11-19)17-12-15-4-2-3-5-16(15)20-17/h2-5,12-14H,6-11,18H2,1H3. The lowest BCUT2D eigenvalue weighted by Crippen LogP contribution is -2.36. The molecule has 0 bridgehead atoms. The molecule has 1 aliphatic heterocycles. The molecule has 108 valence electrons. The van der Waals surface area contributed by atoms with Crippen LogP contribution in [0.2, 0.25) is 0 Å². The zero-order chi connectivity index (χ0) is 13.9. The van der Waals surface area contributed by atoms with Crippen molar-refractivity contribution in [1.29, 1.82) is 0 Å². The van der Waals surface area contributed by atoms with Crippen molar-refractivity contribution in [2.75, 3.05) is 19.6 Å². The van der Waals surface area contributed by atoms with Gasteiger partial charge in [-0.3, -0.25) is 4.90 Å². The average Bonchev–Trinajstić information content (AvgIpc) is 2.91. The lowest BCUT2D eigenvalue weighted by atomic mass is 9.92. The molecule has 2 heterocycles. The van der Waals surface area contributed by atoms with Gasteiger partial charge in [0.25, 0.3) is 0 Å². The van der Waals surface area contributed by atoms with E-state index in [9.17, 15) is 0 Å². The Balaban J connectivity index is 1.68. The van der Waals surface area contributed by atoms with Crippen molar-refractivity contribution in [3.63, 3.8) is 0 Å². The van der Waals surface area contributed by atoms with Crippen molar-refractivity contribution in [3.8, 4) is 0 Å². The van der Waals surface area contributed by atoms with E-state index >= 15 is 0 Å². The van der Waals surface area contributed by atoms with Gasteiger partial charge < -0.3 is 10.2 Å². The van der Waals surface area contributed by atoms with Crippen LogP contribution in [0.3, 0.4) is 0 Å². The van der Waals surface area contributed by atoms with Crippen LogP contribution in [0.1, 0.15) is 38.0 Å². The first kappa shape index (κ1) is 13.7. The highest BCUT2D eigenvalue weighted by Gasteiger charge is 2.24. The van der Waals surface area contributed by atoms with Crippen LogP contribution in [-0.4, -0.2) is 24.5 Å². The molecule has 2 aromatic rings. The van der Waals surface area contributed by atoms with Crippen molar-refractivity contribution >= 4 is 11.0 Å². The molecule has 1 atom stereocenters. The Morgan fingerprint density at radius 1 is 1.30 bits per heavy atom. The number of para-hydroxylation sites is 1. The lowest BCUT2D eigenvalue weighted by molar-refractivity contribution is 0.127. The predicted octanol–water partition coefficient (Wildman–Crippen LogP) is 3.55. The molecular formula is C17H24N2O.